The Balaban J connectivity index is 1.47. The first-order chi connectivity index (χ1) is 12.7. The summed E-state index contributed by atoms with van der Waals surface area (Å²) in [6.45, 7) is 2.68. The van der Waals surface area contributed by atoms with Crippen LogP contribution in [0.3, 0.4) is 0 Å². The van der Waals surface area contributed by atoms with Crippen molar-refractivity contribution in [3.63, 3.8) is 0 Å². The number of hydrogen-bond acceptors (Lipinski definition) is 4. The molecule has 0 radical (unpaired) electrons. The van der Waals surface area contributed by atoms with Crippen LogP contribution >= 0.6 is 0 Å². The number of nitrogens with one attached hydrogen (secondary N) is 1. The summed E-state index contributed by atoms with van der Waals surface area (Å²) in [5, 5.41) is 0. The molecule has 150 valence electrons. The molecule has 0 spiro atoms. The maximum Gasteiger partial charge on any atom is 0.0909 e. The number of rotatable bonds is 4. The number of hydrogen-bond donors (Lipinski definition) is 1. The van der Waals surface area contributed by atoms with Crippen LogP contribution in [0.15, 0.2) is 0 Å². The second kappa shape index (κ2) is 8.04. The van der Waals surface area contributed by atoms with Gasteiger partial charge in [-0.1, -0.05) is 0 Å². The molecule has 4 fully saturated rings. The van der Waals surface area contributed by atoms with Gasteiger partial charge in [0, 0.05) is 46.7 Å². The monoisotopic (exact) mass is 368 g/mol. The second-order valence-corrected chi connectivity index (χ2v) is 9.23. The fraction of sp³-hybridized carbons (Fsp3) is 1.00. The van der Waals surface area contributed by atoms with Gasteiger partial charge in [0.2, 0.25) is 0 Å². The van der Waals surface area contributed by atoms with Crippen LogP contribution in [0.1, 0.15) is 38.5 Å². The van der Waals surface area contributed by atoms with Gasteiger partial charge in [0.15, 0.2) is 0 Å². The summed E-state index contributed by atoms with van der Waals surface area (Å²) in [6, 6.07) is 0.807. The summed E-state index contributed by atoms with van der Waals surface area (Å²) in [5.74, 6) is 3.24. The smallest absolute Gasteiger partial charge is 0.0909 e. The predicted molar refractivity (Wildman–Crippen MR) is 99.3 cm³/mol. The Kier molecular flexibility index (Phi) is 5.92. The highest BCUT2D eigenvalue weighted by Gasteiger charge is 2.53. The first kappa shape index (κ1) is 19.1. The molecule has 0 amide bonds. The van der Waals surface area contributed by atoms with Crippen molar-refractivity contribution in [2.75, 3.05) is 41.5 Å². The van der Waals surface area contributed by atoms with Gasteiger partial charge in [0.1, 0.15) is 0 Å². The average Bonchev–Trinajstić information content (AvgIpc) is 2.69. The van der Waals surface area contributed by atoms with Gasteiger partial charge in [-0.3, -0.25) is 0 Å². The molecule has 10 unspecified atom stereocenters. The van der Waals surface area contributed by atoms with Crippen molar-refractivity contribution in [1.29, 1.82) is 0 Å². The number of piperidine rings is 2. The van der Waals surface area contributed by atoms with E-state index in [4.69, 9.17) is 18.9 Å². The zero-order valence-electron chi connectivity index (χ0n) is 17.0. The second-order valence-electron chi connectivity index (χ2n) is 9.23. The van der Waals surface area contributed by atoms with Gasteiger partial charge in [-0.05, 0) is 43.9 Å². The van der Waals surface area contributed by atoms with Crippen LogP contribution in [0.25, 0.3) is 0 Å². The Hall–Kier alpha value is -0.200. The van der Waals surface area contributed by atoms with Crippen molar-refractivity contribution in [2.45, 2.75) is 69.0 Å². The van der Waals surface area contributed by atoms with Crippen LogP contribution in [0.4, 0.5) is 0 Å². The van der Waals surface area contributed by atoms with Crippen LogP contribution in [0.5, 0.6) is 0 Å². The molecule has 4 aliphatic rings. The summed E-state index contributed by atoms with van der Waals surface area (Å²) in [6.07, 6.45) is 8.56. The van der Waals surface area contributed by atoms with Crippen molar-refractivity contribution >= 4 is 0 Å². The molecule has 0 aromatic heterocycles. The molecule has 0 bridgehead atoms. The standard InChI is InChI=1S/C21H37NO4/c1-23-18-8-13-5-6-22-12-15-10-20(25-3)19(24-2)9-14(15)7-17(22)16(13)11-21(18)26-4/h13-21H,5-12H2,1-4H3/p+1. The van der Waals surface area contributed by atoms with Crippen molar-refractivity contribution in [3.8, 4) is 0 Å². The van der Waals surface area contributed by atoms with Gasteiger partial charge in [0.25, 0.3) is 0 Å². The SMILES string of the molecule is COC1CC2CC3C4CC(OC)C(OC)CC4CC[NH+]3CC2CC1OC. The van der Waals surface area contributed by atoms with Crippen LogP contribution in [-0.2, 0) is 18.9 Å². The molecule has 0 aromatic rings. The highest BCUT2D eigenvalue weighted by molar-refractivity contribution is 4.97. The Bertz CT molecular complexity index is 469. The van der Waals surface area contributed by atoms with Crippen molar-refractivity contribution in [3.05, 3.63) is 0 Å². The Morgan fingerprint density at radius 3 is 1.77 bits per heavy atom. The third-order valence-electron chi connectivity index (χ3n) is 8.38. The molecular formula is C21H38NO4+. The fourth-order valence-corrected chi connectivity index (χ4v) is 6.99. The first-order valence-electron chi connectivity index (χ1n) is 10.6. The number of methoxy groups -OCH3 is 4. The maximum atomic E-state index is 5.82. The quantitative estimate of drug-likeness (QED) is 0.809. The predicted octanol–water partition coefficient (Wildman–Crippen LogP) is 1.16. The lowest BCUT2D eigenvalue weighted by molar-refractivity contribution is -0.947. The Labute approximate surface area is 158 Å². The number of fused-ring (bicyclic) bond motifs is 4. The maximum absolute atomic E-state index is 5.82. The number of ether oxygens (including phenoxy) is 4. The third kappa shape index (κ3) is 3.35. The topological polar surface area (TPSA) is 41.4 Å². The van der Waals surface area contributed by atoms with E-state index in [1.807, 2.05) is 33.3 Å². The minimum absolute atomic E-state index is 0.272. The van der Waals surface area contributed by atoms with E-state index in [1.165, 1.54) is 51.6 Å². The van der Waals surface area contributed by atoms with Gasteiger partial charge >= 0.3 is 0 Å². The molecule has 2 aliphatic carbocycles. The average molecular weight is 369 g/mol. The molecule has 2 aliphatic heterocycles. The summed E-state index contributed by atoms with van der Waals surface area (Å²) < 4.78 is 23.1. The third-order valence-corrected chi connectivity index (χ3v) is 8.38. The molecule has 2 saturated heterocycles. The highest BCUT2D eigenvalue weighted by Crippen LogP contribution is 2.44. The molecule has 0 aromatic carbocycles. The zero-order chi connectivity index (χ0) is 18.3. The summed E-state index contributed by atoms with van der Waals surface area (Å²) >= 11 is 0. The lowest BCUT2D eigenvalue weighted by Gasteiger charge is -2.54. The molecule has 2 saturated carbocycles. The van der Waals surface area contributed by atoms with E-state index in [0.29, 0.717) is 0 Å². The molecule has 5 nitrogen and oxygen atoms in total. The van der Waals surface area contributed by atoms with E-state index in [1.54, 1.807) is 0 Å². The van der Waals surface area contributed by atoms with E-state index in [9.17, 15) is 0 Å². The van der Waals surface area contributed by atoms with E-state index >= 15 is 0 Å². The van der Waals surface area contributed by atoms with Gasteiger partial charge in [0.05, 0.1) is 43.5 Å². The molecule has 4 rings (SSSR count). The largest absolute Gasteiger partial charge is 0.379 e. The molecule has 5 heteroatoms. The van der Waals surface area contributed by atoms with Gasteiger partial charge in [-0.15, -0.1) is 0 Å². The van der Waals surface area contributed by atoms with Gasteiger partial charge in [-0.2, -0.15) is 0 Å². The van der Waals surface area contributed by atoms with Crippen LogP contribution in [0, 0.1) is 23.7 Å². The van der Waals surface area contributed by atoms with Crippen LogP contribution in [0.2, 0.25) is 0 Å². The Morgan fingerprint density at radius 1 is 0.615 bits per heavy atom. The fourth-order valence-electron chi connectivity index (χ4n) is 6.99. The summed E-state index contributed by atoms with van der Waals surface area (Å²) in [5.41, 5.74) is 0. The van der Waals surface area contributed by atoms with E-state index in [2.05, 4.69) is 0 Å². The van der Waals surface area contributed by atoms with E-state index < -0.39 is 0 Å². The van der Waals surface area contributed by atoms with E-state index in [0.717, 1.165) is 29.7 Å². The molecular weight excluding hydrogens is 330 g/mol. The van der Waals surface area contributed by atoms with E-state index in [-0.39, 0.29) is 24.4 Å². The lowest BCUT2D eigenvalue weighted by atomic mass is 9.62. The Morgan fingerprint density at radius 2 is 1.15 bits per heavy atom. The normalized spacial score (nSPS) is 51.2. The van der Waals surface area contributed by atoms with Gasteiger partial charge in [-0.25, -0.2) is 0 Å². The summed E-state index contributed by atoms with van der Waals surface area (Å²) in [4.78, 5) is 1.86. The minimum atomic E-state index is 0.272. The van der Waals surface area contributed by atoms with Gasteiger partial charge < -0.3 is 23.8 Å². The highest BCUT2D eigenvalue weighted by atomic mass is 16.5. The minimum Gasteiger partial charge on any atom is -0.379 e. The van der Waals surface area contributed by atoms with Crippen LogP contribution < -0.4 is 4.90 Å². The van der Waals surface area contributed by atoms with Crippen LogP contribution in [-0.4, -0.2) is 72.0 Å². The molecule has 2 heterocycles. The molecule has 26 heavy (non-hydrogen) atoms. The zero-order valence-corrected chi connectivity index (χ0v) is 17.0. The first-order valence-corrected chi connectivity index (χ1v) is 10.6. The number of quaternary nitrogens is 1. The molecule has 1 N–H and O–H groups in total. The summed E-state index contributed by atoms with van der Waals surface area (Å²) in [7, 11) is 7.40. The molecule has 10 atom stereocenters. The van der Waals surface area contributed by atoms with Crippen molar-refractivity contribution in [1.82, 2.24) is 0 Å². The van der Waals surface area contributed by atoms with Crippen molar-refractivity contribution in [2.24, 2.45) is 23.7 Å². The lowest BCUT2D eigenvalue weighted by Crippen LogP contribution is -3.19. The van der Waals surface area contributed by atoms with Crippen molar-refractivity contribution < 1.29 is 23.8 Å².